The molecule has 0 bridgehead atoms. The van der Waals surface area contributed by atoms with Crippen LogP contribution in [0.4, 0.5) is 21.7 Å². The molecule has 3 heterocycles. The molecule has 8 heteroatoms. The summed E-state index contributed by atoms with van der Waals surface area (Å²) in [5.74, 6) is 1.78. The summed E-state index contributed by atoms with van der Waals surface area (Å²) >= 11 is 0. The van der Waals surface area contributed by atoms with Gasteiger partial charge in [0.15, 0.2) is 0 Å². The van der Waals surface area contributed by atoms with Crippen LogP contribution in [0, 0.1) is 26.6 Å². The number of aromatic nitrogens is 3. The summed E-state index contributed by atoms with van der Waals surface area (Å²) in [6.07, 6.45) is 3.01. The Morgan fingerprint density at radius 1 is 1.09 bits per heavy atom. The Morgan fingerprint density at radius 2 is 1.88 bits per heavy atom. The molecule has 1 aromatic carbocycles. The van der Waals surface area contributed by atoms with E-state index < -0.39 is 0 Å². The monoisotopic (exact) mass is 448 g/mol. The Balaban J connectivity index is 1.33. The molecule has 1 aliphatic rings. The van der Waals surface area contributed by atoms with Crippen LogP contribution in [0.2, 0.25) is 0 Å². The highest BCUT2D eigenvalue weighted by Gasteiger charge is 2.24. The summed E-state index contributed by atoms with van der Waals surface area (Å²) in [7, 11) is 0. The Hall–Kier alpha value is -3.39. The van der Waals surface area contributed by atoms with Crippen molar-refractivity contribution in [1.29, 1.82) is 0 Å². The van der Waals surface area contributed by atoms with Crippen LogP contribution in [0.15, 0.2) is 42.6 Å². The summed E-state index contributed by atoms with van der Waals surface area (Å²) < 4.78 is 13.1. The smallest absolute Gasteiger partial charge is 0.238 e. The topological polar surface area (TPSA) is 83.0 Å². The number of aryl methyl sites for hydroxylation is 2. The number of piperidine rings is 1. The summed E-state index contributed by atoms with van der Waals surface area (Å²) in [4.78, 5) is 27.9. The van der Waals surface area contributed by atoms with Crippen molar-refractivity contribution in [2.75, 3.05) is 30.3 Å². The average Bonchev–Trinajstić information content (AvgIpc) is 2.78. The van der Waals surface area contributed by atoms with Crippen molar-refractivity contribution in [3.63, 3.8) is 0 Å². The highest BCUT2D eigenvalue weighted by Crippen LogP contribution is 2.28. The van der Waals surface area contributed by atoms with E-state index in [2.05, 4.69) is 30.5 Å². The van der Waals surface area contributed by atoms with Crippen molar-refractivity contribution in [2.24, 2.45) is 0 Å². The first kappa shape index (κ1) is 22.8. The van der Waals surface area contributed by atoms with Gasteiger partial charge in [-0.25, -0.2) is 19.3 Å². The van der Waals surface area contributed by atoms with Crippen LogP contribution in [0.1, 0.15) is 41.4 Å². The summed E-state index contributed by atoms with van der Waals surface area (Å²) in [6.45, 7) is 7.97. The minimum atomic E-state index is -0.380. The Bertz CT molecular complexity index is 1130. The molecule has 4 rings (SSSR count). The third-order valence-corrected chi connectivity index (χ3v) is 6.09. The van der Waals surface area contributed by atoms with Crippen molar-refractivity contribution in [2.45, 2.75) is 39.5 Å². The van der Waals surface area contributed by atoms with E-state index in [0.29, 0.717) is 29.9 Å². The molecule has 0 radical (unpaired) electrons. The van der Waals surface area contributed by atoms with Gasteiger partial charge in [-0.2, -0.15) is 0 Å². The van der Waals surface area contributed by atoms with Gasteiger partial charge in [0.2, 0.25) is 5.91 Å². The number of rotatable bonds is 6. The zero-order valence-corrected chi connectivity index (χ0v) is 19.2. The van der Waals surface area contributed by atoms with Gasteiger partial charge < -0.3 is 10.6 Å². The quantitative estimate of drug-likeness (QED) is 0.578. The van der Waals surface area contributed by atoms with Crippen LogP contribution in [-0.2, 0) is 4.79 Å². The molecule has 7 nitrogen and oxygen atoms in total. The molecule has 0 aliphatic carbocycles. The highest BCUT2D eigenvalue weighted by atomic mass is 19.1. The lowest BCUT2D eigenvalue weighted by Gasteiger charge is -2.31. The lowest BCUT2D eigenvalue weighted by Crippen LogP contribution is -2.39. The molecule has 0 unspecified atom stereocenters. The summed E-state index contributed by atoms with van der Waals surface area (Å²) in [5.41, 5.74) is 4.12. The van der Waals surface area contributed by atoms with E-state index in [1.54, 1.807) is 6.07 Å². The number of pyridine rings is 1. The first-order valence-corrected chi connectivity index (χ1v) is 11.2. The number of hydrogen-bond acceptors (Lipinski definition) is 6. The third kappa shape index (κ3) is 5.90. The van der Waals surface area contributed by atoms with Crippen LogP contribution >= 0.6 is 0 Å². The van der Waals surface area contributed by atoms with Crippen LogP contribution in [0.3, 0.4) is 0 Å². The van der Waals surface area contributed by atoms with Gasteiger partial charge in [-0.05, 0) is 76.0 Å². The van der Waals surface area contributed by atoms with Gasteiger partial charge in [0.1, 0.15) is 23.3 Å². The predicted molar refractivity (Wildman–Crippen MR) is 127 cm³/mol. The fourth-order valence-corrected chi connectivity index (χ4v) is 4.11. The molecule has 0 spiro atoms. The van der Waals surface area contributed by atoms with Gasteiger partial charge >= 0.3 is 0 Å². The number of anilines is 3. The zero-order chi connectivity index (χ0) is 23.4. The molecule has 3 aromatic rings. The van der Waals surface area contributed by atoms with Crippen molar-refractivity contribution in [3.8, 4) is 0 Å². The molecular weight excluding hydrogens is 419 g/mol. The van der Waals surface area contributed by atoms with Crippen LogP contribution in [-0.4, -0.2) is 45.4 Å². The molecule has 0 saturated carbocycles. The SMILES string of the molecule is Cc1nc(Nc2ccc(F)cn2)cc(C2CCN(CC(=O)Nc3cccc(C)c3C)CC2)n1. The third-order valence-electron chi connectivity index (χ3n) is 6.09. The molecule has 1 aliphatic heterocycles. The van der Waals surface area contributed by atoms with Gasteiger partial charge in [-0.1, -0.05) is 12.1 Å². The number of carbonyl (C=O) groups is 1. The van der Waals surface area contributed by atoms with E-state index in [1.165, 1.54) is 12.3 Å². The largest absolute Gasteiger partial charge is 0.325 e. The number of nitrogens with one attached hydrogen (secondary N) is 2. The number of halogens is 1. The van der Waals surface area contributed by atoms with E-state index in [0.717, 1.165) is 48.4 Å². The second-order valence-corrected chi connectivity index (χ2v) is 8.56. The van der Waals surface area contributed by atoms with Gasteiger partial charge in [-0.15, -0.1) is 0 Å². The van der Waals surface area contributed by atoms with Gasteiger partial charge in [-0.3, -0.25) is 9.69 Å². The Kier molecular flexibility index (Phi) is 6.93. The fourth-order valence-electron chi connectivity index (χ4n) is 4.11. The van der Waals surface area contributed by atoms with E-state index >= 15 is 0 Å². The van der Waals surface area contributed by atoms with Crippen molar-refractivity contribution >= 4 is 23.2 Å². The highest BCUT2D eigenvalue weighted by molar-refractivity contribution is 5.93. The second kappa shape index (κ2) is 10.0. The maximum Gasteiger partial charge on any atom is 0.238 e. The van der Waals surface area contributed by atoms with Crippen molar-refractivity contribution in [1.82, 2.24) is 19.9 Å². The van der Waals surface area contributed by atoms with Crippen molar-refractivity contribution in [3.05, 3.63) is 71.1 Å². The lowest BCUT2D eigenvalue weighted by molar-refractivity contribution is -0.117. The molecular formula is C25H29FN6O. The normalized spacial score (nSPS) is 14.8. The first-order valence-electron chi connectivity index (χ1n) is 11.2. The number of carbonyl (C=O) groups excluding carboxylic acids is 1. The van der Waals surface area contributed by atoms with E-state index in [1.807, 2.05) is 45.0 Å². The van der Waals surface area contributed by atoms with Gasteiger partial charge in [0, 0.05) is 23.4 Å². The van der Waals surface area contributed by atoms with Gasteiger partial charge in [0.25, 0.3) is 0 Å². The standard InChI is InChI=1S/C25H29FN6O/c1-16-5-4-6-21(17(16)2)30-25(33)15-32-11-9-19(10-12-32)22-13-24(29-18(3)28-22)31-23-8-7-20(26)14-27-23/h4-8,13-14,19H,9-12,15H2,1-3H3,(H,30,33)(H,27,28,29,31). The Labute approximate surface area is 193 Å². The molecule has 2 aromatic heterocycles. The minimum absolute atomic E-state index is 0.0123. The Morgan fingerprint density at radius 3 is 2.61 bits per heavy atom. The number of likely N-dealkylation sites (tertiary alicyclic amines) is 1. The van der Waals surface area contributed by atoms with Crippen LogP contribution in [0.5, 0.6) is 0 Å². The van der Waals surface area contributed by atoms with Gasteiger partial charge in [0.05, 0.1) is 12.7 Å². The van der Waals surface area contributed by atoms with Crippen LogP contribution < -0.4 is 10.6 Å². The van der Waals surface area contributed by atoms with Crippen LogP contribution in [0.25, 0.3) is 0 Å². The number of hydrogen-bond donors (Lipinski definition) is 2. The average molecular weight is 449 g/mol. The lowest BCUT2D eigenvalue weighted by atomic mass is 9.93. The maximum absolute atomic E-state index is 13.1. The molecule has 1 saturated heterocycles. The first-order chi connectivity index (χ1) is 15.9. The second-order valence-electron chi connectivity index (χ2n) is 8.56. The fraction of sp³-hybridized carbons (Fsp3) is 0.360. The van der Waals surface area contributed by atoms with E-state index in [-0.39, 0.29) is 11.7 Å². The van der Waals surface area contributed by atoms with Crippen molar-refractivity contribution < 1.29 is 9.18 Å². The van der Waals surface area contributed by atoms with E-state index in [4.69, 9.17) is 0 Å². The molecule has 0 atom stereocenters. The predicted octanol–water partition coefficient (Wildman–Crippen LogP) is 4.50. The number of amides is 1. The number of benzene rings is 1. The molecule has 2 N–H and O–H groups in total. The minimum Gasteiger partial charge on any atom is -0.325 e. The number of nitrogens with zero attached hydrogens (tertiary/aromatic N) is 4. The molecule has 172 valence electrons. The molecule has 1 fully saturated rings. The molecule has 33 heavy (non-hydrogen) atoms. The summed E-state index contributed by atoms with van der Waals surface area (Å²) in [6, 6.07) is 10.8. The summed E-state index contributed by atoms with van der Waals surface area (Å²) in [5, 5.41) is 6.17. The van der Waals surface area contributed by atoms with E-state index in [9.17, 15) is 9.18 Å². The molecule has 1 amide bonds. The maximum atomic E-state index is 13.1. The zero-order valence-electron chi connectivity index (χ0n) is 19.2.